The maximum atomic E-state index is 13.1. The van der Waals surface area contributed by atoms with Gasteiger partial charge in [0.1, 0.15) is 5.75 Å². The normalized spacial score (nSPS) is 18.7. The zero-order valence-corrected chi connectivity index (χ0v) is 18.9. The maximum absolute atomic E-state index is 13.1. The minimum absolute atomic E-state index is 0.141. The van der Waals surface area contributed by atoms with Gasteiger partial charge in [0.25, 0.3) is 0 Å². The van der Waals surface area contributed by atoms with Crippen LogP contribution in [0.4, 0.5) is 0 Å². The molecule has 162 valence electrons. The minimum atomic E-state index is 0.141. The molecule has 3 aromatic rings. The van der Waals surface area contributed by atoms with Gasteiger partial charge in [-0.05, 0) is 57.4 Å². The van der Waals surface area contributed by atoms with Crippen molar-refractivity contribution in [3.8, 4) is 22.8 Å². The highest BCUT2D eigenvalue weighted by atomic mass is 32.2. The van der Waals surface area contributed by atoms with Crippen LogP contribution >= 0.6 is 11.8 Å². The molecule has 4 rings (SSSR count). The van der Waals surface area contributed by atoms with Gasteiger partial charge in [-0.2, -0.15) is 0 Å². The van der Waals surface area contributed by atoms with Crippen molar-refractivity contribution >= 4 is 17.7 Å². The van der Waals surface area contributed by atoms with Gasteiger partial charge in [-0.3, -0.25) is 14.3 Å². The number of likely N-dealkylation sites (tertiary alicyclic amines) is 1. The van der Waals surface area contributed by atoms with Crippen molar-refractivity contribution in [3.05, 3.63) is 48.8 Å². The molecule has 1 aliphatic heterocycles. The van der Waals surface area contributed by atoms with Gasteiger partial charge in [0.15, 0.2) is 11.0 Å². The molecule has 2 aromatic heterocycles. The summed E-state index contributed by atoms with van der Waals surface area (Å²) in [5, 5.41) is 9.50. The summed E-state index contributed by atoms with van der Waals surface area (Å²) in [6.45, 7) is 4.27. The number of carbonyl (C=O) groups is 1. The number of nitrogens with zero attached hydrogens (tertiary/aromatic N) is 5. The van der Waals surface area contributed by atoms with E-state index in [1.807, 2.05) is 45.9 Å². The Hall–Kier alpha value is -2.87. The molecule has 1 saturated heterocycles. The first-order valence-corrected chi connectivity index (χ1v) is 11.5. The van der Waals surface area contributed by atoms with Crippen LogP contribution < -0.4 is 4.74 Å². The predicted molar refractivity (Wildman–Crippen MR) is 121 cm³/mol. The highest BCUT2D eigenvalue weighted by Gasteiger charge is 2.29. The predicted octanol–water partition coefficient (Wildman–Crippen LogP) is 4.22. The standard InChI is InChI=1S/C23H27N5O2S/c1-16-8-6-9-17(2)27(16)21(29)15-31-23-26-25-22(18-10-7-13-24-14-18)28(23)19-11-4-5-12-20(19)30-3/h4-5,7,10-14,16-17H,6,8-9,15H2,1-3H3/t16-,17-/m1/s1. The summed E-state index contributed by atoms with van der Waals surface area (Å²) < 4.78 is 7.53. The van der Waals surface area contributed by atoms with E-state index in [0.29, 0.717) is 22.5 Å². The molecule has 7 nitrogen and oxygen atoms in total. The Morgan fingerprint density at radius 2 is 1.90 bits per heavy atom. The third kappa shape index (κ3) is 4.44. The van der Waals surface area contributed by atoms with Gasteiger partial charge < -0.3 is 9.64 Å². The highest BCUT2D eigenvalue weighted by molar-refractivity contribution is 7.99. The van der Waals surface area contributed by atoms with E-state index in [2.05, 4.69) is 29.0 Å². The Morgan fingerprint density at radius 1 is 1.13 bits per heavy atom. The Bertz CT molecular complexity index is 1030. The average molecular weight is 438 g/mol. The van der Waals surface area contributed by atoms with Gasteiger partial charge >= 0.3 is 0 Å². The number of rotatable bonds is 6. The molecule has 1 fully saturated rings. The SMILES string of the molecule is COc1ccccc1-n1c(SCC(=O)N2[C@H](C)CCC[C@H]2C)nnc1-c1cccnc1. The number of carbonyl (C=O) groups excluding carboxylic acids is 1. The van der Waals surface area contributed by atoms with Crippen molar-refractivity contribution in [2.75, 3.05) is 12.9 Å². The Morgan fingerprint density at radius 3 is 2.61 bits per heavy atom. The number of methoxy groups -OCH3 is 1. The van der Waals surface area contributed by atoms with Gasteiger partial charge in [0, 0.05) is 30.0 Å². The largest absolute Gasteiger partial charge is 0.495 e. The molecule has 3 heterocycles. The summed E-state index contributed by atoms with van der Waals surface area (Å²) in [6, 6.07) is 12.1. The lowest BCUT2D eigenvalue weighted by molar-refractivity contribution is -0.134. The van der Waals surface area contributed by atoms with Gasteiger partial charge in [0.05, 0.1) is 18.6 Å². The molecule has 2 atom stereocenters. The smallest absolute Gasteiger partial charge is 0.233 e. The first kappa shape index (κ1) is 21.4. The summed E-state index contributed by atoms with van der Waals surface area (Å²) in [4.78, 5) is 19.3. The molecule has 0 spiro atoms. The molecular formula is C23H27N5O2S. The van der Waals surface area contributed by atoms with Crippen molar-refractivity contribution < 1.29 is 9.53 Å². The molecule has 1 aromatic carbocycles. The number of pyridine rings is 1. The van der Waals surface area contributed by atoms with Crippen LogP contribution in [0.15, 0.2) is 53.9 Å². The van der Waals surface area contributed by atoms with E-state index in [1.165, 1.54) is 18.2 Å². The topological polar surface area (TPSA) is 73.1 Å². The molecule has 0 saturated carbocycles. The molecule has 1 amide bonds. The molecule has 0 radical (unpaired) electrons. The number of amides is 1. The van der Waals surface area contributed by atoms with Gasteiger partial charge in [0.2, 0.25) is 5.91 Å². The number of thioether (sulfide) groups is 1. The van der Waals surface area contributed by atoms with E-state index in [9.17, 15) is 4.79 Å². The molecule has 0 N–H and O–H groups in total. The molecule has 8 heteroatoms. The number of hydrogen-bond acceptors (Lipinski definition) is 6. The average Bonchev–Trinajstić information content (AvgIpc) is 3.22. The monoisotopic (exact) mass is 437 g/mol. The fourth-order valence-corrected chi connectivity index (χ4v) is 5.00. The van der Waals surface area contributed by atoms with Crippen LogP contribution in [0.1, 0.15) is 33.1 Å². The van der Waals surface area contributed by atoms with Gasteiger partial charge in [-0.15, -0.1) is 10.2 Å². The van der Waals surface area contributed by atoms with Crippen LogP contribution in [0.25, 0.3) is 17.1 Å². The van der Waals surface area contributed by atoms with Crippen molar-refractivity contribution in [1.29, 1.82) is 0 Å². The van der Waals surface area contributed by atoms with Crippen molar-refractivity contribution in [2.24, 2.45) is 0 Å². The van der Waals surface area contributed by atoms with Crippen LogP contribution in [0.3, 0.4) is 0 Å². The zero-order chi connectivity index (χ0) is 21.8. The summed E-state index contributed by atoms with van der Waals surface area (Å²) in [6.07, 6.45) is 6.78. The zero-order valence-electron chi connectivity index (χ0n) is 18.1. The first-order chi connectivity index (χ1) is 15.1. The van der Waals surface area contributed by atoms with Crippen LogP contribution in [-0.4, -0.2) is 55.5 Å². The van der Waals surface area contributed by atoms with E-state index in [4.69, 9.17) is 4.74 Å². The second-order valence-electron chi connectivity index (χ2n) is 7.77. The number of ether oxygens (including phenoxy) is 1. The molecule has 1 aliphatic rings. The van der Waals surface area contributed by atoms with E-state index >= 15 is 0 Å². The summed E-state index contributed by atoms with van der Waals surface area (Å²) >= 11 is 1.40. The second kappa shape index (κ2) is 9.51. The molecule has 0 unspecified atom stereocenters. The number of aromatic nitrogens is 4. The van der Waals surface area contributed by atoms with Gasteiger partial charge in [-0.25, -0.2) is 0 Å². The summed E-state index contributed by atoms with van der Waals surface area (Å²) in [5.41, 5.74) is 1.67. The van der Waals surface area contributed by atoms with Crippen molar-refractivity contribution in [1.82, 2.24) is 24.6 Å². The van der Waals surface area contributed by atoms with Crippen LogP contribution in [0.5, 0.6) is 5.75 Å². The quantitative estimate of drug-likeness (QED) is 0.538. The third-order valence-electron chi connectivity index (χ3n) is 5.69. The van der Waals surface area contributed by atoms with Crippen molar-refractivity contribution in [2.45, 2.75) is 50.4 Å². The molecule has 0 aliphatic carbocycles. The molecule has 31 heavy (non-hydrogen) atoms. The number of hydrogen-bond donors (Lipinski definition) is 0. The summed E-state index contributed by atoms with van der Waals surface area (Å²) in [7, 11) is 1.64. The van der Waals surface area contributed by atoms with Crippen molar-refractivity contribution in [3.63, 3.8) is 0 Å². The van der Waals surface area contributed by atoms with Crippen LogP contribution in [0.2, 0.25) is 0 Å². The lowest BCUT2D eigenvalue weighted by Crippen LogP contribution is -2.48. The van der Waals surface area contributed by atoms with Crippen LogP contribution in [-0.2, 0) is 4.79 Å². The Kier molecular flexibility index (Phi) is 6.56. The second-order valence-corrected chi connectivity index (χ2v) is 8.72. The number of piperidine rings is 1. The highest BCUT2D eigenvalue weighted by Crippen LogP contribution is 2.33. The minimum Gasteiger partial charge on any atom is -0.495 e. The van der Waals surface area contributed by atoms with E-state index in [1.54, 1.807) is 19.5 Å². The summed E-state index contributed by atoms with van der Waals surface area (Å²) in [5.74, 6) is 1.82. The van der Waals surface area contributed by atoms with E-state index < -0.39 is 0 Å². The lowest BCUT2D eigenvalue weighted by atomic mass is 9.98. The lowest BCUT2D eigenvalue weighted by Gasteiger charge is -2.39. The Balaban J connectivity index is 1.67. The van der Waals surface area contributed by atoms with E-state index in [-0.39, 0.29) is 18.0 Å². The molecule has 0 bridgehead atoms. The number of para-hydroxylation sites is 2. The fraction of sp³-hybridized carbons (Fsp3) is 0.391. The first-order valence-electron chi connectivity index (χ1n) is 10.5. The fourth-order valence-electron chi connectivity index (χ4n) is 4.19. The van der Waals surface area contributed by atoms with Gasteiger partial charge in [-0.1, -0.05) is 23.9 Å². The van der Waals surface area contributed by atoms with Crippen LogP contribution in [0, 0.1) is 0 Å². The molecular weight excluding hydrogens is 410 g/mol. The number of benzene rings is 1. The Labute approximate surface area is 186 Å². The maximum Gasteiger partial charge on any atom is 0.233 e. The third-order valence-corrected chi connectivity index (χ3v) is 6.60. The van der Waals surface area contributed by atoms with E-state index in [0.717, 1.165) is 24.1 Å².